The third-order valence-electron chi connectivity index (χ3n) is 6.89. The summed E-state index contributed by atoms with van der Waals surface area (Å²) >= 11 is 0. The molecule has 1 aliphatic rings. The van der Waals surface area contributed by atoms with Crippen LogP contribution in [0.3, 0.4) is 0 Å². The van der Waals surface area contributed by atoms with Gasteiger partial charge in [0.1, 0.15) is 11.5 Å². The molecule has 0 bridgehead atoms. The van der Waals surface area contributed by atoms with Gasteiger partial charge in [-0.3, -0.25) is 4.79 Å². The van der Waals surface area contributed by atoms with Gasteiger partial charge in [-0.2, -0.15) is 0 Å². The first kappa shape index (κ1) is 27.0. The molecule has 1 fully saturated rings. The molecule has 6 nitrogen and oxygen atoms in total. The molecular formula is C33H37NO5. The van der Waals surface area contributed by atoms with Gasteiger partial charge in [0, 0.05) is 24.3 Å². The van der Waals surface area contributed by atoms with Crippen molar-refractivity contribution in [3.8, 4) is 33.8 Å². The molecule has 4 aromatic rings. The number of benzene rings is 3. The number of fused-ring (bicyclic) bond motifs is 1. The number of aromatic nitrogens is 1. The van der Waals surface area contributed by atoms with Gasteiger partial charge in [-0.1, -0.05) is 56.3 Å². The standard InChI is InChI=1S/C33H37NO5/c1-3-15-36-29-18-23(22-39-32-10-5-6-17-38-32)19-30(37-16-4-2)33(29)25-13-11-24(12-14-25)27-9-7-8-26-20-31(35)34-21-28(26)27/h7-9,11-14,18-21,32H,3-6,10,15-17,22H2,1-2H3,(H,34,35). The second-order valence-corrected chi connectivity index (χ2v) is 9.95. The minimum absolute atomic E-state index is 0.102. The molecule has 0 radical (unpaired) electrons. The van der Waals surface area contributed by atoms with Gasteiger partial charge in [0.15, 0.2) is 6.29 Å². The molecule has 1 saturated heterocycles. The number of ether oxygens (including phenoxy) is 4. The topological polar surface area (TPSA) is 69.8 Å². The van der Waals surface area contributed by atoms with Gasteiger partial charge in [0.2, 0.25) is 5.56 Å². The third kappa shape index (κ3) is 6.52. The van der Waals surface area contributed by atoms with Crippen molar-refractivity contribution >= 4 is 10.8 Å². The van der Waals surface area contributed by atoms with Gasteiger partial charge in [-0.15, -0.1) is 0 Å². The average molecular weight is 528 g/mol. The first-order valence-corrected chi connectivity index (χ1v) is 14.0. The molecule has 1 atom stereocenters. The van der Waals surface area contributed by atoms with E-state index in [0.29, 0.717) is 19.8 Å². The van der Waals surface area contributed by atoms with Gasteiger partial charge in [0.25, 0.3) is 0 Å². The molecule has 0 saturated carbocycles. The summed E-state index contributed by atoms with van der Waals surface area (Å²) in [4.78, 5) is 14.6. The molecule has 1 aliphatic heterocycles. The quantitative estimate of drug-likeness (QED) is 0.219. The Morgan fingerprint density at radius 1 is 0.897 bits per heavy atom. The predicted octanol–water partition coefficient (Wildman–Crippen LogP) is 7.48. The average Bonchev–Trinajstić information content (AvgIpc) is 2.98. The molecular weight excluding hydrogens is 490 g/mol. The number of rotatable bonds is 11. The van der Waals surface area contributed by atoms with Crippen molar-refractivity contribution < 1.29 is 18.9 Å². The fourth-order valence-corrected chi connectivity index (χ4v) is 4.96. The van der Waals surface area contributed by atoms with E-state index in [1.54, 1.807) is 12.3 Å². The van der Waals surface area contributed by atoms with Gasteiger partial charge in [-0.25, -0.2) is 0 Å². The summed E-state index contributed by atoms with van der Waals surface area (Å²) in [5.41, 5.74) is 5.01. The van der Waals surface area contributed by atoms with Crippen molar-refractivity contribution in [1.82, 2.24) is 4.98 Å². The maximum absolute atomic E-state index is 11.8. The molecule has 6 heteroatoms. The van der Waals surface area contributed by atoms with Crippen LogP contribution in [0, 0.1) is 0 Å². The zero-order chi connectivity index (χ0) is 27.0. The van der Waals surface area contributed by atoms with Gasteiger partial charge >= 0.3 is 0 Å². The summed E-state index contributed by atoms with van der Waals surface area (Å²) < 4.78 is 24.4. The highest BCUT2D eigenvalue weighted by Crippen LogP contribution is 2.41. The fraction of sp³-hybridized carbons (Fsp3) is 0.364. The van der Waals surface area contributed by atoms with E-state index in [1.807, 2.05) is 12.1 Å². The van der Waals surface area contributed by atoms with Crippen molar-refractivity contribution in [2.75, 3.05) is 19.8 Å². The minimum atomic E-state index is -0.155. The summed E-state index contributed by atoms with van der Waals surface area (Å²) in [5, 5.41) is 1.93. The summed E-state index contributed by atoms with van der Waals surface area (Å²) in [6, 6.07) is 20.2. The van der Waals surface area contributed by atoms with E-state index in [-0.39, 0.29) is 11.8 Å². The Morgan fingerprint density at radius 2 is 1.62 bits per heavy atom. The molecule has 0 aliphatic carbocycles. The van der Waals surface area contributed by atoms with Gasteiger partial charge in [0.05, 0.1) is 25.4 Å². The first-order chi connectivity index (χ1) is 19.2. The van der Waals surface area contributed by atoms with E-state index in [4.69, 9.17) is 18.9 Å². The van der Waals surface area contributed by atoms with Crippen molar-refractivity contribution in [2.45, 2.75) is 58.8 Å². The van der Waals surface area contributed by atoms with Crippen molar-refractivity contribution in [1.29, 1.82) is 0 Å². The largest absolute Gasteiger partial charge is 0.493 e. The van der Waals surface area contributed by atoms with Crippen LogP contribution >= 0.6 is 0 Å². The lowest BCUT2D eigenvalue weighted by Crippen LogP contribution is -2.22. The Balaban J connectivity index is 1.49. The van der Waals surface area contributed by atoms with Crippen LogP contribution in [0.2, 0.25) is 0 Å². The Hall–Kier alpha value is -3.61. The Morgan fingerprint density at radius 3 is 2.28 bits per heavy atom. The molecule has 1 aromatic heterocycles. The SMILES string of the molecule is CCCOc1cc(COC2CCCCO2)cc(OCCC)c1-c1ccc(-c2cccc3cc(=O)[nH]cc23)cc1. The van der Waals surface area contributed by atoms with Crippen LogP contribution < -0.4 is 15.0 Å². The van der Waals surface area contributed by atoms with Crippen LogP contribution in [-0.2, 0) is 16.1 Å². The number of H-pyrrole nitrogens is 1. The Bertz CT molecular complexity index is 1410. The number of aromatic amines is 1. The van der Waals surface area contributed by atoms with Crippen LogP contribution in [-0.4, -0.2) is 31.1 Å². The summed E-state index contributed by atoms with van der Waals surface area (Å²) in [6.07, 6.45) is 6.59. The highest BCUT2D eigenvalue weighted by Gasteiger charge is 2.19. The molecule has 1 unspecified atom stereocenters. The van der Waals surface area contributed by atoms with E-state index in [2.05, 4.69) is 61.3 Å². The van der Waals surface area contributed by atoms with Crippen LogP contribution in [0.1, 0.15) is 51.5 Å². The van der Waals surface area contributed by atoms with E-state index in [0.717, 1.165) is 88.8 Å². The zero-order valence-corrected chi connectivity index (χ0v) is 22.8. The van der Waals surface area contributed by atoms with E-state index in [9.17, 15) is 4.79 Å². The van der Waals surface area contributed by atoms with E-state index >= 15 is 0 Å². The highest BCUT2D eigenvalue weighted by molar-refractivity contribution is 5.96. The van der Waals surface area contributed by atoms with Crippen LogP contribution in [0.5, 0.6) is 11.5 Å². The number of hydrogen-bond donors (Lipinski definition) is 1. The van der Waals surface area contributed by atoms with Crippen LogP contribution in [0.4, 0.5) is 0 Å². The fourth-order valence-electron chi connectivity index (χ4n) is 4.96. The van der Waals surface area contributed by atoms with Crippen LogP contribution in [0.15, 0.2) is 71.7 Å². The minimum Gasteiger partial charge on any atom is -0.493 e. The first-order valence-electron chi connectivity index (χ1n) is 14.0. The second-order valence-electron chi connectivity index (χ2n) is 9.95. The van der Waals surface area contributed by atoms with Crippen molar-refractivity contribution in [2.24, 2.45) is 0 Å². The molecule has 204 valence electrons. The molecule has 0 spiro atoms. The van der Waals surface area contributed by atoms with Gasteiger partial charge < -0.3 is 23.9 Å². The maximum Gasteiger partial charge on any atom is 0.248 e. The highest BCUT2D eigenvalue weighted by atomic mass is 16.7. The maximum atomic E-state index is 11.8. The van der Waals surface area contributed by atoms with E-state index in [1.165, 1.54) is 0 Å². The lowest BCUT2D eigenvalue weighted by Gasteiger charge is -2.23. The normalized spacial score (nSPS) is 15.4. The smallest absolute Gasteiger partial charge is 0.248 e. The number of nitrogens with one attached hydrogen (secondary N) is 1. The van der Waals surface area contributed by atoms with Gasteiger partial charge in [-0.05, 0) is 71.9 Å². The zero-order valence-electron chi connectivity index (χ0n) is 22.8. The number of pyridine rings is 1. The molecule has 2 heterocycles. The van der Waals surface area contributed by atoms with E-state index < -0.39 is 0 Å². The molecule has 5 rings (SSSR count). The second kappa shape index (κ2) is 13.0. The van der Waals surface area contributed by atoms with Crippen molar-refractivity contribution in [3.05, 3.63) is 82.8 Å². The Labute approximate surface area is 229 Å². The van der Waals surface area contributed by atoms with Crippen LogP contribution in [0.25, 0.3) is 33.0 Å². The lowest BCUT2D eigenvalue weighted by molar-refractivity contribution is -0.168. The molecule has 3 aromatic carbocycles. The Kier molecular flexibility index (Phi) is 8.96. The molecule has 1 N–H and O–H groups in total. The lowest BCUT2D eigenvalue weighted by atomic mass is 9.96. The summed E-state index contributed by atoms with van der Waals surface area (Å²) in [7, 11) is 0. The monoisotopic (exact) mass is 527 g/mol. The molecule has 39 heavy (non-hydrogen) atoms. The predicted molar refractivity (Wildman–Crippen MR) is 155 cm³/mol. The summed E-state index contributed by atoms with van der Waals surface area (Å²) in [6.45, 7) is 6.64. The number of hydrogen-bond acceptors (Lipinski definition) is 5. The van der Waals surface area contributed by atoms with Crippen molar-refractivity contribution in [3.63, 3.8) is 0 Å². The third-order valence-corrected chi connectivity index (χ3v) is 6.89. The molecule has 0 amide bonds. The summed E-state index contributed by atoms with van der Waals surface area (Å²) in [5.74, 6) is 1.59.